The van der Waals surface area contributed by atoms with Crippen LogP contribution in [-0.4, -0.2) is 24.4 Å². The fraction of sp³-hybridized carbons (Fsp3) is 0.400. The van der Waals surface area contributed by atoms with Gasteiger partial charge in [-0.25, -0.2) is 4.98 Å². The van der Waals surface area contributed by atoms with Crippen molar-refractivity contribution in [2.24, 2.45) is 5.92 Å². The van der Waals surface area contributed by atoms with Crippen LogP contribution >= 0.6 is 22.6 Å². The molecule has 1 aromatic heterocycles. The predicted molar refractivity (Wildman–Crippen MR) is 63.3 cm³/mol. The first-order valence-electron chi connectivity index (χ1n) is 4.61. The van der Waals surface area contributed by atoms with E-state index in [1.165, 1.54) is 0 Å². The maximum absolute atomic E-state index is 10.6. The minimum Gasteiger partial charge on any atom is -0.356 e. The van der Waals surface area contributed by atoms with Crippen LogP contribution in [0, 0.1) is 9.49 Å². The van der Waals surface area contributed by atoms with Gasteiger partial charge in [0.15, 0.2) is 0 Å². The van der Waals surface area contributed by atoms with E-state index in [9.17, 15) is 4.79 Å². The number of anilines is 1. The van der Waals surface area contributed by atoms with Crippen molar-refractivity contribution >= 4 is 34.7 Å². The molecular formula is C10H11IN2O. The number of hydrogen-bond donors (Lipinski definition) is 0. The van der Waals surface area contributed by atoms with Gasteiger partial charge >= 0.3 is 0 Å². The molecule has 0 N–H and O–H groups in total. The van der Waals surface area contributed by atoms with Crippen LogP contribution in [-0.2, 0) is 4.79 Å². The molecule has 2 heterocycles. The summed E-state index contributed by atoms with van der Waals surface area (Å²) in [6.07, 6.45) is 3.86. The lowest BCUT2D eigenvalue weighted by Gasteiger charge is -2.16. The quantitative estimate of drug-likeness (QED) is 0.616. The van der Waals surface area contributed by atoms with E-state index in [4.69, 9.17) is 0 Å². The zero-order chi connectivity index (χ0) is 9.97. The number of hydrogen-bond acceptors (Lipinski definition) is 3. The number of rotatable bonds is 2. The molecule has 0 radical (unpaired) electrons. The Morgan fingerprint density at radius 1 is 1.57 bits per heavy atom. The third-order valence-electron chi connectivity index (χ3n) is 2.45. The number of carbonyl (C=O) groups excluding carboxylic acids is 1. The second-order valence-corrected chi connectivity index (χ2v) is 4.71. The summed E-state index contributed by atoms with van der Waals surface area (Å²) in [7, 11) is 0. The first-order valence-corrected chi connectivity index (χ1v) is 5.69. The van der Waals surface area contributed by atoms with E-state index in [-0.39, 0.29) is 5.92 Å². The lowest BCUT2D eigenvalue weighted by atomic mass is 10.1. The highest BCUT2D eigenvalue weighted by atomic mass is 127. The van der Waals surface area contributed by atoms with Crippen molar-refractivity contribution in [3.63, 3.8) is 0 Å². The summed E-state index contributed by atoms with van der Waals surface area (Å²) >= 11 is 2.23. The average Bonchev–Trinajstić information content (AvgIpc) is 2.67. The predicted octanol–water partition coefficient (Wildman–Crippen LogP) is 1.71. The molecule has 2 rings (SSSR count). The van der Waals surface area contributed by atoms with Gasteiger partial charge in [-0.15, -0.1) is 0 Å². The van der Waals surface area contributed by atoms with Crippen LogP contribution in [0.5, 0.6) is 0 Å². The number of pyridine rings is 1. The largest absolute Gasteiger partial charge is 0.356 e. The fourth-order valence-corrected chi connectivity index (χ4v) is 1.98. The summed E-state index contributed by atoms with van der Waals surface area (Å²) in [5.41, 5.74) is 0. The SMILES string of the molecule is O=C[C@@H]1CCN(c2ccc(I)cn2)C1. The third kappa shape index (κ3) is 2.05. The molecule has 0 amide bonds. The summed E-state index contributed by atoms with van der Waals surface area (Å²) in [6, 6.07) is 4.05. The molecule has 14 heavy (non-hydrogen) atoms. The van der Waals surface area contributed by atoms with E-state index >= 15 is 0 Å². The summed E-state index contributed by atoms with van der Waals surface area (Å²) in [5, 5.41) is 0. The molecule has 0 unspecified atom stereocenters. The molecule has 1 saturated heterocycles. The number of halogens is 1. The van der Waals surface area contributed by atoms with Crippen molar-refractivity contribution in [1.29, 1.82) is 0 Å². The Kier molecular flexibility index (Phi) is 3.00. The second-order valence-electron chi connectivity index (χ2n) is 3.47. The van der Waals surface area contributed by atoms with E-state index in [1.807, 2.05) is 18.3 Å². The summed E-state index contributed by atoms with van der Waals surface area (Å²) < 4.78 is 1.14. The van der Waals surface area contributed by atoms with E-state index in [0.717, 1.165) is 35.2 Å². The van der Waals surface area contributed by atoms with Gasteiger partial charge in [0.1, 0.15) is 12.1 Å². The fourth-order valence-electron chi connectivity index (χ4n) is 1.66. The Morgan fingerprint density at radius 3 is 3.00 bits per heavy atom. The summed E-state index contributed by atoms with van der Waals surface area (Å²) in [6.45, 7) is 1.76. The molecule has 1 aromatic rings. The van der Waals surface area contributed by atoms with Crippen molar-refractivity contribution in [3.8, 4) is 0 Å². The lowest BCUT2D eigenvalue weighted by Crippen LogP contribution is -2.20. The molecule has 1 atom stereocenters. The second kappa shape index (κ2) is 4.25. The topological polar surface area (TPSA) is 33.2 Å². The molecule has 4 heteroatoms. The summed E-state index contributed by atoms with van der Waals surface area (Å²) in [5.74, 6) is 1.17. The standard InChI is InChI=1S/C10H11IN2O/c11-9-1-2-10(12-5-9)13-4-3-8(6-13)7-14/h1-2,5,7-8H,3-4,6H2/t8-/m1/s1. The molecular weight excluding hydrogens is 291 g/mol. The van der Waals surface area contributed by atoms with Gasteiger partial charge < -0.3 is 9.69 Å². The van der Waals surface area contributed by atoms with Gasteiger partial charge in [-0.3, -0.25) is 0 Å². The number of aromatic nitrogens is 1. The summed E-state index contributed by atoms with van der Waals surface area (Å²) in [4.78, 5) is 17.1. The van der Waals surface area contributed by atoms with Crippen LogP contribution in [0.15, 0.2) is 18.3 Å². The normalized spacial score (nSPS) is 21.2. The van der Waals surface area contributed by atoms with E-state index in [2.05, 4.69) is 32.5 Å². The van der Waals surface area contributed by atoms with Crippen LogP contribution < -0.4 is 4.90 Å². The number of carbonyl (C=O) groups is 1. The molecule has 1 fully saturated rings. The molecule has 0 aromatic carbocycles. The van der Waals surface area contributed by atoms with Gasteiger partial charge in [-0.2, -0.15) is 0 Å². The van der Waals surface area contributed by atoms with Crippen LogP contribution in [0.25, 0.3) is 0 Å². The van der Waals surface area contributed by atoms with E-state index < -0.39 is 0 Å². The molecule has 0 spiro atoms. The van der Waals surface area contributed by atoms with Crippen molar-refractivity contribution in [3.05, 3.63) is 21.9 Å². The zero-order valence-electron chi connectivity index (χ0n) is 7.69. The highest BCUT2D eigenvalue weighted by Gasteiger charge is 2.22. The van der Waals surface area contributed by atoms with Gasteiger partial charge in [0, 0.05) is 28.8 Å². The monoisotopic (exact) mass is 302 g/mol. The number of nitrogens with zero attached hydrogens (tertiary/aromatic N) is 2. The van der Waals surface area contributed by atoms with Crippen molar-refractivity contribution in [1.82, 2.24) is 4.98 Å². The Hall–Kier alpha value is -0.650. The Labute approximate surface area is 96.7 Å². The van der Waals surface area contributed by atoms with Gasteiger partial charge in [-0.1, -0.05) is 0 Å². The minimum absolute atomic E-state index is 0.191. The van der Waals surface area contributed by atoms with Crippen molar-refractivity contribution < 1.29 is 4.79 Å². The van der Waals surface area contributed by atoms with Gasteiger partial charge in [0.2, 0.25) is 0 Å². The molecule has 1 aliphatic rings. The molecule has 0 bridgehead atoms. The highest BCUT2D eigenvalue weighted by molar-refractivity contribution is 14.1. The first-order chi connectivity index (χ1) is 6.79. The Bertz CT molecular complexity index is 325. The molecule has 74 valence electrons. The smallest absolute Gasteiger partial charge is 0.128 e. The Balaban J connectivity index is 2.09. The number of aldehydes is 1. The van der Waals surface area contributed by atoms with Crippen molar-refractivity contribution in [2.45, 2.75) is 6.42 Å². The van der Waals surface area contributed by atoms with Gasteiger partial charge in [0.25, 0.3) is 0 Å². The average molecular weight is 302 g/mol. The highest BCUT2D eigenvalue weighted by Crippen LogP contribution is 2.20. The Morgan fingerprint density at radius 2 is 2.43 bits per heavy atom. The molecule has 3 nitrogen and oxygen atoms in total. The van der Waals surface area contributed by atoms with Crippen LogP contribution in [0.1, 0.15) is 6.42 Å². The maximum Gasteiger partial charge on any atom is 0.128 e. The lowest BCUT2D eigenvalue weighted by molar-refractivity contribution is -0.110. The minimum atomic E-state index is 0.191. The third-order valence-corrected chi connectivity index (χ3v) is 3.09. The zero-order valence-corrected chi connectivity index (χ0v) is 9.85. The first kappa shape index (κ1) is 9.89. The molecule has 0 aliphatic carbocycles. The van der Waals surface area contributed by atoms with Crippen molar-refractivity contribution in [2.75, 3.05) is 18.0 Å². The van der Waals surface area contributed by atoms with Gasteiger partial charge in [-0.05, 0) is 41.1 Å². The van der Waals surface area contributed by atoms with Crippen LogP contribution in [0.4, 0.5) is 5.82 Å². The maximum atomic E-state index is 10.6. The molecule has 1 aliphatic heterocycles. The van der Waals surface area contributed by atoms with Gasteiger partial charge in [0.05, 0.1) is 0 Å². The van der Waals surface area contributed by atoms with E-state index in [1.54, 1.807) is 0 Å². The van der Waals surface area contributed by atoms with Crippen LogP contribution in [0.2, 0.25) is 0 Å². The van der Waals surface area contributed by atoms with Crippen LogP contribution in [0.3, 0.4) is 0 Å². The molecule has 0 saturated carbocycles. The van der Waals surface area contributed by atoms with E-state index in [0.29, 0.717) is 0 Å².